The molecule has 0 spiro atoms. The molecular weight excluding hydrogens is 311 g/mol. The van der Waals surface area contributed by atoms with Crippen LogP contribution in [0.15, 0.2) is 18.2 Å². The molecule has 1 aromatic carbocycles. The van der Waals surface area contributed by atoms with Crippen LogP contribution in [0.2, 0.25) is 0 Å². The predicted molar refractivity (Wildman–Crippen MR) is 88.7 cm³/mol. The molecule has 0 radical (unpaired) electrons. The molecule has 0 bridgehead atoms. The van der Waals surface area contributed by atoms with Crippen LogP contribution in [0.25, 0.3) is 0 Å². The van der Waals surface area contributed by atoms with Gasteiger partial charge in [0, 0.05) is 25.7 Å². The van der Waals surface area contributed by atoms with Gasteiger partial charge in [-0.3, -0.25) is 9.69 Å². The van der Waals surface area contributed by atoms with E-state index in [-0.39, 0.29) is 17.6 Å². The van der Waals surface area contributed by atoms with Gasteiger partial charge < -0.3 is 14.7 Å². The van der Waals surface area contributed by atoms with Gasteiger partial charge in [-0.25, -0.2) is 4.39 Å². The summed E-state index contributed by atoms with van der Waals surface area (Å²) in [7, 11) is 1.48. The van der Waals surface area contributed by atoms with Gasteiger partial charge in [-0.05, 0) is 50.4 Å². The predicted octanol–water partition coefficient (Wildman–Crippen LogP) is 1.90. The standard InChI is InChI=1S/C18H25FN2O3/c1-24-17-5-4-13(19)11-16(17)18(23)20-9-6-14(7-10-20)21-8-2-3-15(22)12-21/h4-5,11,14-15,22H,2-3,6-10,12H2,1H3. The summed E-state index contributed by atoms with van der Waals surface area (Å²) in [6.07, 6.45) is 3.45. The lowest BCUT2D eigenvalue weighted by molar-refractivity contribution is 0.0240. The zero-order chi connectivity index (χ0) is 17.1. The van der Waals surface area contributed by atoms with Gasteiger partial charge in [0.05, 0.1) is 18.8 Å². The Morgan fingerprint density at radius 3 is 2.67 bits per heavy atom. The molecule has 1 unspecified atom stereocenters. The normalized spacial score (nSPS) is 23.3. The number of hydrogen-bond acceptors (Lipinski definition) is 4. The van der Waals surface area contributed by atoms with Gasteiger partial charge in [-0.1, -0.05) is 0 Å². The van der Waals surface area contributed by atoms with Crippen LogP contribution in [-0.2, 0) is 0 Å². The minimum atomic E-state index is -0.434. The number of aliphatic hydroxyl groups is 1. The zero-order valence-electron chi connectivity index (χ0n) is 14.1. The second-order valence-electron chi connectivity index (χ2n) is 6.66. The highest BCUT2D eigenvalue weighted by Crippen LogP contribution is 2.25. The van der Waals surface area contributed by atoms with Crippen LogP contribution < -0.4 is 4.74 Å². The maximum Gasteiger partial charge on any atom is 0.257 e. The van der Waals surface area contributed by atoms with Crippen molar-refractivity contribution < 1.29 is 19.0 Å². The smallest absolute Gasteiger partial charge is 0.257 e. The fraction of sp³-hybridized carbons (Fsp3) is 0.611. The molecule has 2 fully saturated rings. The summed E-state index contributed by atoms with van der Waals surface area (Å²) in [6, 6.07) is 4.45. The summed E-state index contributed by atoms with van der Waals surface area (Å²) in [5.41, 5.74) is 0.282. The largest absolute Gasteiger partial charge is 0.496 e. The molecule has 2 aliphatic rings. The van der Waals surface area contributed by atoms with E-state index in [1.54, 1.807) is 4.90 Å². The fourth-order valence-electron chi connectivity index (χ4n) is 3.77. The molecule has 2 aliphatic heterocycles. The van der Waals surface area contributed by atoms with Crippen molar-refractivity contribution in [2.24, 2.45) is 0 Å². The number of hydrogen-bond donors (Lipinski definition) is 1. The molecule has 0 aromatic heterocycles. The van der Waals surface area contributed by atoms with E-state index < -0.39 is 5.82 Å². The van der Waals surface area contributed by atoms with Crippen LogP contribution in [0.3, 0.4) is 0 Å². The molecule has 132 valence electrons. The Bertz CT molecular complexity index is 588. The number of likely N-dealkylation sites (tertiary alicyclic amines) is 2. The molecule has 1 aromatic rings. The molecule has 3 rings (SSSR count). The summed E-state index contributed by atoms with van der Waals surface area (Å²) < 4.78 is 18.7. The number of piperidine rings is 2. The van der Waals surface area contributed by atoms with Crippen molar-refractivity contribution in [3.8, 4) is 5.75 Å². The van der Waals surface area contributed by atoms with Crippen molar-refractivity contribution in [1.29, 1.82) is 0 Å². The van der Waals surface area contributed by atoms with Crippen molar-refractivity contribution in [1.82, 2.24) is 9.80 Å². The summed E-state index contributed by atoms with van der Waals surface area (Å²) in [4.78, 5) is 16.8. The van der Waals surface area contributed by atoms with E-state index in [1.807, 2.05) is 0 Å². The SMILES string of the molecule is COc1ccc(F)cc1C(=O)N1CCC(N2CCCC(O)C2)CC1. The minimum absolute atomic E-state index is 0.177. The second-order valence-corrected chi connectivity index (χ2v) is 6.66. The van der Waals surface area contributed by atoms with E-state index in [1.165, 1.54) is 25.3 Å². The fourth-order valence-corrected chi connectivity index (χ4v) is 3.77. The number of ether oxygens (including phenoxy) is 1. The molecule has 1 N–H and O–H groups in total. The third-order valence-corrected chi connectivity index (χ3v) is 5.09. The summed E-state index contributed by atoms with van der Waals surface area (Å²) in [6.45, 7) is 3.05. The zero-order valence-corrected chi connectivity index (χ0v) is 14.1. The molecule has 6 heteroatoms. The molecular formula is C18H25FN2O3. The summed E-state index contributed by atoms with van der Waals surface area (Å²) in [5.74, 6) is -0.206. The Balaban J connectivity index is 1.62. The second kappa shape index (κ2) is 7.49. The Hall–Kier alpha value is -1.66. The highest BCUT2D eigenvalue weighted by atomic mass is 19.1. The van der Waals surface area contributed by atoms with Gasteiger partial charge in [0.1, 0.15) is 11.6 Å². The van der Waals surface area contributed by atoms with Crippen molar-refractivity contribution in [2.45, 2.75) is 37.8 Å². The van der Waals surface area contributed by atoms with Crippen molar-refractivity contribution in [2.75, 3.05) is 33.3 Å². The Morgan fingerprint density at radius 2 is 2.00 bits per heavy atom. The van der Waals surface area contributed by atoms with E-state index >= 15 is 0 Å². The van der Waals surface area contributed by atoms with E-state index in [2.05, 4.69) is 4.90 Å². The number of carbonyl (C=O) groups is 1. The Labute approximate surface area is 142 Å². The van der Waals surface area contributed by atoms with Crippen molar-refractivity contribution >= 4 is 5.91 Å². The number of β-amino-alcohol motifs (C(OH)–C–C–N with tert-alkyl or cyclic N) is 1. The molecule has 1 atom stereocenters. The number of aliphatic hydroxyl groups excluding tert-OH is 1. The van der Waals surface area contributed by atoms with Crippen LogP contribution >= 0.6 is 0 Å². The van der Waals surface area contributed by atoms with Crippen molar-refractivity contribution in [3.05, 3.63) is 29.6 Å². The monoisotopic (exact) mass is 336 g/mol. The van der Waals surface area contributed by atoms with Crippen LogP contribution in [0.4, 0.5) is 4.39 Å². The van der Waals surface area contributed by atoms with Crippen molar-refractivity contribution in [3.63, 3.8) is 0 Å². The average molecular weight is 336 g/mol. The van der Waals surface area contributed by atoms with Gasteiger partial charge in [0.25, 0.3) is 5.91 Å². The number of carbonyl (C=O) groups excluding carboxylic acids is 1. The third-order valence-electron chi connectivity index (χ3n) is 5.09. The van der Waals surface area contributed by atoms with E-state index in [0.717, 1.165) is 38.8 Å². The average Bonchev–Trinajstić information content (AvgIpc) is 2.61. The quantitative estimate of drug-likeness (QED) is 0.916. The van der Waals surface area contributed by atoms with E-state index in [9.17, 15) is 14.3 Å². The van der Waals surface area contributed by atoms with Gasteiger partial charge in [0.2, 0.25) is 0 Å². The minimum Gasteiger partial charge on any atom is -0.496 e. The number of rotatable bonds is 3. The maximum absolute atomic E-state index is 13.5. The number of nitrogens with zero attached hydrogens (tertiary/aromatic N) is 2. The number of methoxy groups -OCH3 is 1. The Morgan fingerprint density at radius 1 is 1.25 bits per heavy atom. The molecule has 5 nitrogen and oxygen atoms in total. The first-order chi connectivity index (χ1) is 11.6. The number of benzene rings is 1. The van der Waals surface area contributed by atoms with Gasteiger partial charge >= 0.3 is 0 Å². The number of amides is 1. The lowest BCUT2D eigenvalue weighted by Gasteiger charge is -2.41. The molecule has 1 amide bonds. The highest BCUT2D eigenvalue weighted by Gasteiger charge is 2.30. The maximum atomic E-state index is 13.5. The van der Waals surface area contributed by atoms with E-state index in [0.29, 0.717) is 24.9 Å². The first-order valence-corrected chi connectivity index (χ1v) is 8.63. The Kier molecular flexibility index (Phi) is 5.36. The molecule has 0 aliphatic carbocycles. The summed E-state index contributed by atoms with van der Waals surface area (Å²) in [5, 5.41) is 9.83. The van der Waals surface area contributed by atoms with Crippen LogP contribution in [0, 0.1) is 5.82 Å². The summed E-state index contributed by atoms with van der Waals surface area (Å²) >= 11 is 0. The van der Waals surface area contributed by atoms with Crippen LogP contribution in [0.5, 0.6) is 5.75 Å². The van der Waals surface area contributed by atoms with Crippen LogP contribution in [0.1, 0.15) is 36.0 Å². The highest BCUT2D eigenvalue weighted by molar-refractivity contribution is 5.97. The molecule has 0 saturated carbocycles. The first kappa shape index (κ1) is 17.2. The molecule has 24 heavy (non-hydrogen) atoms. The third kappa shape index (κ3) is 3.70. The van der Waals surface area contributed by atoms with E-state index in [4.69, 9.17) is 4.74 Å². The lowest BCUT2D eigenvalue weighted by atomic mass is 9.98. The van der Waals surface area contributed by atoms with Gasteiger partial charge in [-0.15, -0.1) is 0 Å². The van der Waals surface area contributed by atoms with Gasteiger partial charge in [0.15, 0.2) is 0 Å². The van der Waals surface area contributed by atoms with Crippen LogP contribution in [-0.4, -0.2) is 66.2 Å². The molecule has 2 heterocycles. The lowest BCUT2D eigenvalue weighted by Crippen LogP contribution is -2.50. The number of halogens is 1. The van der Waals surface area contributed by atoms with Gasteiger partial charge in [-0.2, -0.15) is 0 Å². The first-order valence-electron chi connectivity index (χ1n) is 8.63. The molecule has 2 saturated heterocycles. The topological polar surface area (TPSA) is 53.0 Å².